The molecule has 0 spiro atoms. The standard InChI is InChI=1S/C14H17ClN2O/c15-11-5-3-10(4-6-11)8-12-9-18-14(17-12)13-2-1-7-16-13/h3-6,12-13,16H,1-2,7-9H2. The second-order valence-corrected chi connectivity index (χ2v) is 5.35. The highest BCUT2D eigenvalue weighted by Crippen LogP contribution is 2.18. The maximum Gasteiger partial charge on any atom is 0.201 e. The molecule has 18 heavy (non-hydrogen) atoms. The van der Waals surface area contributed by atoms with E-state index in [2.05, 4.69) is 22.4 Å². The minimum absolute atomic E-state index is 0.253. The molecular formula is C14H17ClN2O. The number of hydrogen-bond acceptors (Lipinski definition) is 3. The predicted octanol–water partition coefficient (Wildman–Crippen LogP) is 2.43. The average Bonchev–Trinajstić information content (AvgIpc) is 3.02. The van der Waals surface area contributed by atoms with Crippen molar-refractivity contribution in [2.45, 2.75) is 31.3 Å². The molecule has 2 aliphatic rings. The maximum absolute atomic E-state index is 5.88. The SMILES string of the molecule is Clc1ccc(CC2COC(C3CCCN3)=N2)cc1. The summed E-state index contributed by atoms with van der Waals surface area (Å²) in [6.45, 7) is 1.78. The summed E-state index contributed by atoms with van der Waals surface area (Å²) in [5.74, 6) is 0.909. The average molecular weight is 265 g/mol. The highest BCUT2D eigenvalue weighted by molar-refractivity contribution is 6.30. The lowest BCUT2D eigenvalue weighted by molar-refractivity contribution is 0.302. The van der Waals surface area contributed by atoms with Crippen LogP contribution in [0.4, 0.5) is 0 Å². The summed E-state index contributed by atoms with van der Waals surface area (Å²) in [7, 11) is 0. The van der Waals surface area contributed by atoms with Crippen molar-refractivity contribution in [3.8, 4) is 0 Å². The number of nitrogens with zero attached hydrogens (tertiary/aromatic N) is 1. The molecule has 0 radical (unpaired) electrons. The molecule has 0 bridgehead atoms. The Morgan fingerprint density at radius 2 is 2.17 bits per heavy atom. The summed E-state index contributed by atoms with van der Waals surface area (Å²) in [4.78, 5) is 4.69. The summed E-state index contributed by atoms with van der Waals surface area (Å²) in [6, 6.07) is 8.57. The third-order valence-electron chi connectivity index (χ3n) is 3.48. The fourth-order valence-electron chi connectivity index (χ4n) is 2.52. The molecule has 96 valence electrons. The molecule has 1 saturated heterocycles. The van der Waals surface area contributed by atoms with Crippen LogP contribution >= 0.6 is 11.6 Å². The zero-order valence-corrected chi connectivity index (χ0v) is 11.0. The predicted molar refractivity (Wildman–Crippen MR) is 73.4 cm³/mol. The van der Waals surface area contributed by atoms with E-state index in [4.69, 9.17) is 16.3 Å². The Morgan fingerprint density at radius 1 is 1.33 bits per heavy atom. The quantitative estimate of drug-likeness (QED) is 0.910. The lowest BCUT2D eigenvalue weighted by Gasteiger charge is -2.08. The van der Waals surface area contributed by atoms with Crippen LogP contribution in [0.5, 0.6) is 0 Å². The molecule has 2 aliphatic heterocycles. The van der Waals surface area contributed by atoms with Gasteiger partial charge in [0.05, 0.1) is 12.1 Å². The zero-order chi connectivity index (χ0) is 12.4. The van der Waals surface area contributed by atoms with Gasteiger partial charge in [0.15, 0.2) is 0 Å². The summed E-state index contributed by atoms with van der Waals surface area (Å²) in [6.07, 6.45) is 3.29. The fourth-order valence-corrected chi connectivity index (χ4v) is 2.65. The van der Waals surface area contributed by atoms with Crippen molar-refractivity contribution in [1.82, 2.24) is 5.32 Å². The van der Waals surface area contributed by atoms with Crippen LogP contribution in [0.25, 0.3) is 0 Å². The van der Waals surface area contributed by atoms with Crippen molar-refractivity contribution in [3.05, 3.63) is 34.9 Å². The summed E-state index contributed by atoms with van der Waals surface area (Å²) in [5.41, 5.74) is 1.26. The zero-order valence-electron chi connectivity index (χ0n) is 10.2. The first-order chi connectivity index (χ1) is 8.81. The molecule has 0 aromatic heterocycles. The molecule has 3 rings (SSSR count). The Balaban J connectivity index is 1.62. The number of rotatable bonds is 3. The van der Waals surface area contributed by atoms with Gasteiger partial charge in [0.2, 0.25) is 5.90 Å². The fraction of sp³-hybridized carbons (Fsp3) is 0.500. The molecule has 1 aromatic carbocycles. The first-order valence-corrected chi connectivity index (χ1v) is 6.87. The molecule has 1 fully saturated rings. The molecule has 0 aliphatic carbocycles. The van der Waals surface area contributed by atoms with E-state index in [1.165, 1.54) is 12.0 Å². The van der Waals surface area contributed by atoms with Crippen molar-refractivity contribution in [3.63, 3.8) is 0 Å². The largest absolute Gasteiger partial charge is 0.478 e. The van der Waals surface area contributed by atoms with Crippen molar-refractivity contribution >= 4 is 17.5 Å². The van der Waals surface area contributed by atoms with Gasteiger partial charge in [-0.3, -0.25) is 0 Å². The van der Waals surface area contributed by atoms with E-state index >= 15 is 0 Å². The Bertz CT molecular complexity index is 438. The second kappa shape index (κ2) is 5.29. The van der Waals surface area contributed by atoms with E-state index in [9.17, 15) is 0 Å². The Labute approximate surface area is 112 Å². The van der Waals surface area contributed by atoms with Gasteiger partial charge >= 0.3 is 0 Å². The number of ether oxygens (including phenoxy) is 1. The number of nitrogens with one attached hydrogen (secondary N) is 1. The summed E-state index contributed by atoms with van der Waals surface area (Å²) < 4.78 is 5.71. The van der Waals surface area contributed by atoms with Crippen LogP contribution in [0, 0.1) is 0 Å². The van der Waals surface area contributed by atoms with Gasteiger partial charge in [0.1, 0.15) is 6.61 Å². The second-order valence-electron chi connectivity index (χ2n) is 4.91. The number of benzene rings is 1. The minimum Gasteiger partial charge on any atom is -0.478 e. The molecule has 3 nitrogen and oxygen atoms in total. The first-order valence-electron chi connectivity index (χ1n) is 6.49. The van der Waals surface area contributed by atoms with E-state index in [1.54, 1.807) is 0 Å². The van der Waals surface area contributed by atoms with Crippen LogP contribution < -0.4 is 5.32 Å². The van der Waals surface area contributed by atoms with E-state index in [1.807, 2.05) is 12.1 Å². The highest BCUT2D eigenvalue weighted by atomic mass is 35.5. The summed E-state index contributed by atoms with van der Waals surface area (Å²) >= 11 is 5.88. The Morgan fingerprint density at radius 3 is 2.89 bits per heavy atom. The van der Waals surface area contributed by atoms with E-state index < -0.39 is 0 Å². The van der Waals surface area contributed by atoms with Gasteiger partial charge in [-0.2, -0.15) is 0 Å². The van der Waals surface area contributed by atoms with Gasteiger partial charge in [-0.05, 0) is 43.5 Å². The molecule has 0 amide bonds. The van der Waals surface area contributed by atoms with E-state index in [0.29, 0.717) is 12.6 Å². The van der Waals surface area contributed by atoms with Crippen molar-refractivity contribution in [2.24, 2.45) is 4.99 Å². The van der Waals surface area contributed by atoms with Crippen molar-refractivity contribution in [2.75, 3.05) is 13.2 Å². The van der Waals surface area contributed by atoms with E-state index in [0.717, 1.165) is 30.3 Å². The number of aliphatic imine (C=N–C) groups is 1. The molecule has 2 heterocycles. The van der Waals surface area contributed by atoms with Crippen molar-refractivity contribution < 1.29 is 4.74 Å². The number of hydrogen-bond donors (Lipinski definition) is 1. The van der Waals surface area contributed by atoms with Crippen LogP contribution in [0.2, 0.25) is 5.02 Å². The first kappa shape index (κ1) is 12.0. The maximum atomic E-state index is 5.88. The molecule has 2 unspecified atom stereocenters. The molecule has 1 N–H and O–H groups in total. The molecular weight excluding hydrogens is 248 g/mol. The molecule has 2 atom stereocenters. The monoisotopic (exact) mass is 264 g/mol. The van der Waals surface area contributed by atoms with Crippen LogP contribution in [0.15, 0.2) is 29.3 Å². The van der Waals surface area contributed by atoms with Gasteiger partial charge in [-0.15, -0.1) is 0 Å². The third kappa shape index (κ3) is 2.68. The lowest BCUT2D eigenvalue weighted by Crippen LogP contribution is -2.30. The summed E-state index contributed by atoms with van der Waals surface area (Å²) in [5, 5.41) is 4.20. The minimum atomic E-state index is 0.253. The molecule has 0 saturated carbocycles. The third-order valence-corrected chi connectivity index (χ3v) is 3.73. The highest BCUT2D eigenvalue weighted by Gasteiger charge is 2.27. The Hall–Kier alpha value is -1.06. The lowest BCUT2D eigenvalue weighted by atomic mass is 10.1. The number of halogens is 1. The van der Waals surface area contributed by atoms with Crippen LogP contribution in [0.1, 0.15) is 18.4 Å². The van der Waals surface area contributed by atoms with Gasteiger partial charge in [-0.1, -0.05) is 23.7 Å². The van der Waals surface area contributed by atoms with Gasteiger partial charge in [0.25, 0.3) is 0 Å². The van der Waals surface area contributed by atoms with E-state index in [-0.39, 0.29) is 6.04 Å². The molecule has 4 heteroatoms. The topological polar surface area (TPSA) is 33.6 Å². The normalized spacial score (nSPS) is 27.1. The Kier molecular flexibility index (Phi) is 3.52. The van der Waals surface area contributed by atoms with Crippen molar-refractivity contribution in [1.29, 1.82) is 0 Å². The van der Waals surface area contributed by atoms with Crippen LogP contribution in [-0.2, 0) is 11.2 Å². The van der Waals surface area contributed by atoms with Gasteiger partial charge in [0, 0.05) is 5.02 Å². The smallest absolute Gasteiger partial charge is 0.201 e. The molecule has 1 aromatic rings. The van der Waals surface area contributed by atoms with Gasteiger partial charge in [-0.25, -0.2) is 4.99 Å². The van der Waals surface area contributed by atoms with Crippen LogP contribution in [0.3, 0.4) is 0 Å². The van der Waals surface area contributed by atoms with Gasteiger partial charge < -0.3 is 10.1 Å². The van der Waals surface area contributed by atoms with Crippen LogP contribution in [-0.4, -0.2) is 31.1 Å².